The van der Waals surface area contributed by atoms with Crippen molar-refractivity contribution in [3.8, 4) is 5.69 Å². The van der Waals surface area contributed by atoms with Gasteiger partial charge in [0.25, 0.3) is 5.56 Å². The molecular weight excluding hydrogens is 413 g/mol. The minimum Gasteiger partial charge on any atom is -0.372 e. The largest absolute Gasteiger partial charge is 0.372 e. The van der Waals surface area contributed by atoms with E-state index in [-0.39, 0.29) is 16.5 Å². The van der Waals surface area contributed by atoms with Crippen LogP contribution in [-0.4, -0.2) is 60.9 Å². The minimum absolute atomic E-state index is 0.0414. The van der Waals surface area contributed by atoms with Crippen molar-refractivity contribution in [1.82, 2.24) is 20.0 Å². The highest BCUT2D eigenvalue weighted by molar-refractivity contribution is 6.33. The van der Waals surface area contributed by atoms with Crippen molar-refractivity contribution < 1.29 is 4.79 Å². The quantitative estimate of drug-likeness (QED) is 0.751. The molecule has 156 valence electrons. The van der Waals surface area contributed by atoms with Gasteiger partial charge < -0.3 is 10.2 Å². The molecule has 1 saturated heterocycles. The highest BCUT2D eigenvalue weighted by atomic mass is 35.5. The van der Waals surface area contributed by atoms with Crippen LogP contribution >= 0.6 is 23.2 Å². The molecule has 2 heterocycles. The summed E-state index contributed by atoms with van der Waals surface area (Å²) >= 11 is 12.3. The van der Waals surface area contributed by atoms with Gasteiger partial charge in [0.05, 0.1) is 24.1 Å². The lowest BCUT2D eigenvalue weighted by Gasteiger charge is -2.34. The second-order valence-electron chi connectivity index (χ2n) is 7.31. The molecule has 0 saturated carbocycles. The second-order valence-corrected chi connectivity index (χ2v) is 8.12. The van der Waals surface area contributed by atoms with E-state index in [1.54, 1.807) is 37.5 Å². The number of carbonyl (C=O) groups excluding carboxylic acids is 1. The van der Waals surface area contributed by atoms with E-state index in [2.05, 4.69) is 15.3 Å². The van der Waals surface area contributed by atoms with Crippen LogP contribution in [-0.2, 0) is 4.79 Å². The van der Waals surface area contributed by atoms with Gasteiger partial charge in [-0.15, -0.1) is 0 Å². The maximum atomic E-state index is 12.7. The van der Waals surface area contributed by atoms with Gasteiger partial charge in [-0.2, -0.15) is 9.78 Å². The molecule has 1 amide bonds. The molecule has 1 N–H and O–H groups in total. The number of carbonyl (C=O) groups is 1. The summed E-state index contributed by atoms with van der Waals surface area (Å²) in [5.74, 6) is 0.510. The van der Waals surface area contributed by atoms with E-state index in [0.717, 1.165) is 32.5 Å². The number of nitrogens with one attached hydrogen (secondary N) is 1. The van der Waals surface area contributed by atoms with Crippen LogP contribution in [0.2, 0.25) is 10.0 Å². The normalized spacial score (nSPS) is 15.3. The number of rotatable bonds is 6. The molecule has 29 heavy (non-hydrogen) atoms. The van der Waals surface area contributed by atoms with Gasteiger partial charge >= 0.3 is 0 Å². The van der Waals surface area contributed by atoms with Crippen LogP contribution in [0.15, 0.2) is 35.3 Å². The summed E-state index contributed by atoms with van der Waals surface area (Å²) in [7, 11) is 3.58. The molecule has 3 rings (SSSR count). The molecule has 9 heteroatoms. The van der Waals surface area contributed by atoms with Crippen molar-refractivity contribution >= 4 is 34.8 Å². The van der Waals surface area contributed by atoms with E-state index >= 15 is 0 Å². The first-order valence-electron chi connectivity index (χ1n) is 9.57. The predicted molar refractivity (Wildman–Crippen MR) is 116 cm³/mol. The zero-order chi connectivity index (χ0) is 21.0. The molecule has 1 aromatic heterocycles. The number of hydrogen-bond acceptors (Lipinski definition) is 5. The number of nitrogens with zero attached hydrogens (tertiary/aromatic N) is 4. The Balaban J connectivity index is 1.65. The maximum Gasteiger partial charge on any atom is 0.292 e. The molecule has 7 nitrogen and oxygen atoms in total. The number of likely N-dealkylation sites (tertiary alicyclic amines) is 1. The van der Waals surface area contributed by atoms with E-state index in [0.29, 0.717) is 28.9 Å². The standard InChI is InChI=1S/C20H25Cl2N5O2/c1-23-18(28)13-26-9-7-14(8-10-26)12-25(2)17-11-24-27(20(29)19(17)22)16-5-3-15(21)4-6-16/h3-6,11,14H,7-10,12-13H2,1-2H3,(H,23,28). The fourth-order valence-electron chi connectivity index (χ4n) is 3.55. The third kappa shape index (κ3) is 5.29. The molecule has 0 unspecified atom stereocenters. The van der Waals surface area contributed by atoms with Crippen LogP contribution in [0.25, 0.3) is 5.69 Å². The average molecular weight is 438 g/mol. The van der Waals surface area contributed by atoms with Crippen LogP contribution in [0.3, 0.4) is 0 Å². The summed E-state index contributed by atoms with van der Waals surface area (Å²) in [4.78, 5) is 28.4. The lowest BCUT2D eigenvalue weighted by molar-refractivity contribution is -0.122. The molecule has 0 aliphatic carbocycles. The number of halogens is 2. The van der Waals surface area contributed by atoms with Crippen LogP contribution in [0.4, 0.5) is 5.69 Å². The summed E-state index contributed by atoms with van der Waals surface area (Å²) in [6.07, 6.45) is 3.61. The Kier molecular flexibility index (Phi) is 7.16. The third-order valence-corrected chi connectivity index (χ3v) is 5.88. The first-order chi connectivity index (χ1) is 13.9. The molecular formula is C20H25Cl2N5O2. The van der Waals surface area contributed by atoms with E-state index in [1.807, 2.05) is 11.9 Å². The lowest BCUT2D eigenvalue weighted by Crippen LogP contribution is -2.42. The minimum atomic E-state index is -0.362. The van der Waals surface area contributed by atoms with Gasteiger partial charge in [-0.25, -0.2) is 0 Å². The zero-order valence-corrected chi connectivity index (χ0v) is 18.1. The summed E-state index contributed by atoms with van der Waals surface area (Å²) < 4.78 is 1.27. The summed E-state index contributed by atoms with van der Waals surface area (Å²) in [6, 6.07) is 6.86. The van der Waals surface area contributed by atoms with Gasteiger partial charge in [-0.1, -0.05) is 23.2 Å². The molecule has 1 aliphatic heterocycles. The molecule has 2 aromatic rings. The van der Waals surface area contributed by atoms with Gasteiger partial charge in [0, 0.05) is 25.7 Å². The number of aromatic nitrogens is 2. The highest BCUT2D eigenvalue weighted by Crippen LogP contribution is 2.25. The summed E-state index contributed by atoms with van der Waals surface area (Å²) in [6.45, 7) is 2.99. The monoisotopic (exact) mass is 437 g/mol. The molecule has 0 bridgehead atoms. The Labute approximate surface area is 180 Å². The van der Waals surface area contributed by atoms with Gasteiger partial charge in [-0.3, -0.25) is 14.5 Å². The van der Waals surface area contributed by atoms with Crippen LogP contribution in [0, 0.1) is 5.92 Å². The number of amides is 1. The first-order valence-corrected chi connectivity index (χ1v) is 10.3. The van der Waals surface area contributed by atoms with Crippen LogP contribution in [0.5, 0.6) is 0 Å². The first kappa shape index (κ1) is 21.6. The van der Waals surface area contributed by atoms with Crippen molar-refractivity contribution in [3.05, 3.63) is 50.9 Å². The van der Waals surface area contributed by atoms with Crippen molar-refractivity contribution in [2.45, 2.75) is 12.8 Å². The summed E-state index contributed by atoms with van der Waals surface area (Å²) in [5.41, 5.74) is 0.868. The maximum absolute atomic E-state index is 12.7. The molecule has 0 spiro atoms. The Hall–Kier alpha value is -2.09. The van der Waals surface area contributed by atoms with Gasteiger partial charge in [0.2, 0.25) is 5.91 Å². The molecule has 0 atom stereocenters. The van der Waals surface area contributed by atoms with Crippen molar-refractivity contribution in [2.75, 3.05) is 45.2 Å². The number of piperidine rings is 1. The fraction of sp³-hybridized carbons (Fsp3) is 0.450. The smallest absolute Gasteiger partial charge is 0.292 e. The van der Waals surface area contributed by atoms with Crippen molar-refractivity contribution in [2.24, 2.45) is 5.92 Å². The van der Waals surface area contributed by atoms with Crippen molar-refractivity contribution in [3.63, 3.8) is 0 Å². The Bertz CT molecular complexity index is 908. The number of benzene rings is 1. The number of hydrogen-bond donors (Lipinski definition) is 1. The second kappa shape index (κ2) is 9.61. The van der Waals surface area contributed by atoms with Crippen LogP contribution < -0.4 is 15.8 Å². The zero-order valence-electron chi connectivity index (χ0n) is 16.6. The lowest BCUT2D eigenvalue weighted by atomic mass is 9.96. The van der Waals surface area contributed by atoms with E-state index in [1.165, 1.54) is 4.68 Å². The topological polar surface area (TPSA) is 70.5 Å². The fourth-order valence-corrected chi connectivity index (χ4v) is 3.95. The Morgan fingerprint density at radius 1 is 1.24 bits per heavy atom. The van der Waals surface area contributed by atoms with Gasteiger partial charge in [-0.05, 0) is 56.1 Å². The van der Waals surface area contributed by atoms with Crippen molar-refractivity contribution in [1.29, 1.82) is 0 Å². The highest BCUT2D eigenvalue weighted by Gasteiger charge is 2.23. The van der Waals surface area contributed by atoms with E-state index < -0.39 is 0 Å². The summed E-state index contributed by atoms with van der Waals surface area (Å²) in [5, 5.41) is 7.68. The van der Waals surface area contributed by atoms with Crippen LogP contribution in [0.1, 0.15) is 12.8 Å². The Morgan fingerprint density at radius 2 is 1.90 bits per heavy atom. The average Bonchev–Trinajstić information content (AvgIpc) is 2.72. The Morgan fingerprint density at radius 3 is 2.52 bits per heavy atom. The molecule has 1 fully saturated rings. The predicted octanol–water partition coefficient (Wildman–Crippen LogP) is 2.43. The number of likely N-dealkylation sites (N-methyl/N-ethyl adjacent to an activating group) is 1. The molecule has 1 aromatic carbocycles. The SMILES string of the molecule is CNC(=O)CN1CCC(CN(C)c2cnn(-c3ccc(Cl)cc3)c(=O)c2Cl)CC1. The number of anilines is 1. The third-order valence-electron chi connectivity index (χ3n) is 5.27. The molecule has 0 radical (unpaired) electrons. The van der Waals surface area contributed by atoms with E-state index in [4.69, 9.17) is 23.2 Å². The van der Waals surface area contributed by atoms with E-state index in [9.17, 15) is 9.59 Å². The van der Waals surface area contributed by atoms with Gasteiger partial charge in [0.15, 0.2) is 0 Å². The van der Waals surface area contributed by atoms with Gasteiger partial charge in [0.1, 0.15) is 5.02 Å². The molecule has 1 aliphatic rings.